The summed E-state index contributed by atoms with van der Waals surface area (Å²) in [7, 11) is 3.76. The highest BCUT2D eigenvalue weighted by atomic mass is 16.3. The first-order valence-electron chi connectivity index (χ1n) is 6.01. The molecule has 0 aliphatic heterocycles. The molecule has 5 heteroatoms. The van der Waals surface area contributed by atoms with Gasteiger partial charge < -0.3 is 15.3 Å². The Morgan fingerprint density at radius 3 is 2.71 bits per heavy atom. The molecule has 1 aromatic rings. The molecule has 0 amide bonds. The fourth-order valence-corrected chi connectivity index (χ4v) is 1.63. The van der Waals surface area contributed by atoms with Crippen LogP contribution in [-0.2, 0) is 6.42 Å². The molecule has 0 aliphatic rings. The lowest BCUT2D eigenvalue weighted by Crippen LogP contribution is -2.28. The third-order valence-corrected chi connectivity index (χ3v) is 2.42. The van der Waals surface area contributed by atoms with Crippen LogP contribution in [0.1, 0.15) is 26.1 Å². The summed E-state index contributed by atoms with van der Waals surface area (Å²) in [6, 6.07) is 1.89. The van der Waals surface area contributed by atoms with Crippen LogP contribution in [0.3, 0.4) is 0 Å². The van der Waals surface area contributed by atoms with Crippen molar-refractivity contribution in [1.82, 2.24) is 9.97 Å². The lowest BCUT2D eigenvalue weighted by Gasteiger charge is -2.20. The van der Waals surface area contributed by atoms with E-state index in [4.69, 9.17) is 0 Å². The van der Waals surface area contributed by atoms with E-state index in [1.54, 1.807) is 6.92 Å². The molecule has 1 rings (SSSR count). The molecule has 17 heavy (non-hydrogen) atoms. The number of aryl methyl sites for hydroxylation is 1. The van der Waals surface area contributed by atoms with E-state index in [2.05, 4.69) is 22.2 Å². The molecule has 0 fully saturated rings. The first-order chi connectivity index (χ1) is 8.06. The van der Waals surface area contributed by atoms with Gasteiger partial charge in [-0.2, -0.15) is 0 Å². The van der Waals surface area contributed by atoms with Crippen molar-refractivity contribution < 1.29 is 5.11 Å². The van der Waals surface area contributed by atoms with Crippen LogP contribution in [0, 0.1) is 0 Å². The van der Waals surface area contributed by atoms with Crippen molar-refractivity contribution in [3.8, 4) is 0 Å². The number of aliphatic hydroxyl groups is 1. The number of rotatable bonds is 6. The van der Waals surface area contributed by atoms with E-state index in [-0.39, 0.29) is 6.10 Å². The summed E-state index contributed by atoms with van der Waals surface area (Å²) in [5.74, 6) is 2.50. The Morgan fingerprint density at radius 1 is 1.47 bits per heavy atom. The fourth-order valence-electron chi connectivity index (χ4n) is 1.63. The second kappa shape index (κ2) is 6.39. The predicted molar refractivity (Wildman–Crippen MR) is 70.5 cm³/mol. The maximum absolute atomic E-state index is 9.38. The van der Waals surface area contributed by atoms with Crippen LogP contribution in [-0.4, -0.2) is 41.8 Å². The van der Waals surface area contributed by atoms with Gasteiger partial charge in [-0.1, -0.05) is 6.92 Å². The maximum atomic E-state index is 9.38. The smallest absolute Gasteiger partial charge is 0.134 e. The number of aliphatic hydroxyl groups excluding tert-OH is 1. The summed E-state index contributed by atoms with van der Waals surface area (Å²) in [4.78, 5) is 10.8. The first kappa shape index (κ1) is 13.7. The molecule has 1 atom stereocenters. The van der Waals surface area contributed by atoms with Gasteiger partial charge in [0.1, 0.15) is 17.5 Å². The quantitative estimate of drug-likeness (QED) is 0.782. The molecule has 0 bridgehead atoms. The van der Waals surface area contributed by atoms with E-state index < -0.39 is 0 Å². The van der Waals surface area contributed by atoms with Crippen LogP contribution >= 0.6 is 0 Å². The van der Waals surface area contributed by atoms with Crippen LogP contribution in [0.4, 0.5) is 11.6 Å². The van der Waals surface area contributed by atoms with Crippen LogP contribution in [0.5, 0.6) is 0 Å². The van der Waals surface area contributed by atoms with Gasteiger partial charge in [0.05, 0.1) is 6.10 Å². The van der Waals surface area contributed by atoms with Crippen molar-refractivity contribution in [2.75, 3.05) is 30.9 Å². The Kier molecular flexibility index (Phi) is 5.15. The number of hydrogen-bond acceptors (Lipinski definition) is 5. The summed E-state index contributed by atoms with van der Waals surface area (Å²) in [6.07, 6.45) is 1.51. The number of nitrogens with one attached hydrogen (secondary N) is 1. The van der Waals surface area contributed by atoms with Crippen molar-refractivity contribution in [2.45, 2.75) is 32.8 Å². The van der Waals surface area contributed by atoms with Crippen molar-refractivity contribution >= 4 is 11.6 Å². The zero-order valence-corrected chi connectivity index (χ0v) is 11.1. The number of hydrogen-bond donors (Lipinski definition) is 2. The molecular weight excluding hydrogens is 216 g/mol. The zero-order chi connectivity index (χ0) is 12.8. The highest BCUT2D eigenvalue weighted by Crippen LogP contribution is 2.15. The Bertz CT molecular complexity index is 354. The summed E-state index contributed by atoms with van der Waals surface area (Å²) in [5, 5.41) is 12.4. The van der Waals surface area contributed by atoms with Gasteiger partial charge in [0, 0.05) is 33.1 Å². The Labute approximate surface area is 103 Å². The van der Waals surface area contributed by atoms with Crippen LogP contribution in [0.15, 0.2) is 6.07 Å². The van der Waals surface area contributed by atoms with Crippen LogP contribution < -0.4 is 10.2 Å². The van der Waals surface area contributed by atoms with E-state index in [9.17, 15) is 5.11 Å². The van der Waals surface area contributed by atoms with E-state index in [0.717, 1.165) is 30.3 Å². The fraction of sp³-hybridized carbons (Fsp3) is 0.667. The highest BCUT2D eigenvalue weighted by Gasteiger charge is 2.09. The van der Waals surface area contributed by atoms with Gasteiger partial charge in [-0.15, -0.1) is 0 Å². The average molecular weight is 238 g/mol. The Hall–Kier alpha value is -1.36. The second-order valence-corrected chi connectivity index (χ2v) is 4.26. The van der Waals surface area contributed by atoms with E-state index >= 15 is 0 Å². The molecule has 0 aromatic carbocycles. The molecule has 1 heterocycles. The SMILES string of the molecule is CCCc1nc(NC)cc(N(C)CC(C)O)n1. The normalized spacial score (nSPS) is 12.3. The van der Waals surface area contributed by atoms with Gasteiger partial charge in [-0.25, -0.2) is 9.97 Å². The van der Waals surface area contributed by atoms with Gasteiger partial charge in [0.2, 0.25) is 0 Å². The van der Waals surface area contributed by atoms with Crippen molar-refractivity contribution in [3.05, 3.63) is 11.9 Å². The molecule has 0 saturated heterocycles. The third-order valence-electron chi connectivity index (χ3n) is 2.42. The highest BCUT2D eigenvalue weighted by molar-refractivity contribution is 5.48. The van der Waals surface area contributed by atoms with Crippen molar-refractivity contribution in [1.29, 1.82) is 0 Å². The minimum Gasteiger partial charge on any atom is -0.392 e. The predicted octanol–water partition coefficient (Wildman–Crippen LogP) is 1.29. The molecule has 5 nitrogen and oxygen atoms in total. The van der Waals surface area contributed by atoms with E-state index in [1.165, 1.54) is 0 Å². The van der Waals surface area contributed by atoms with Gasteiger partial charge in [-0.3, -0.25) is 0 Å². The van der Waals surface area contributed by atoms with Crippen LogP contribution in [0.25, 0.3) is 0 Å². The van der Waals surface area contributed by atoms with Gasteiger partial charge in [0.15, 0.2) is 0 Å². The summed E-state index contributed by atoms with van der Waals surface area (Å²) in [6.45, 7) is 4.43. The molecule has 1 aromatic heterocycles. The second-order valence-electron chi connectivity index (χ2n) is 4.26. The molecule has 0 spiro atoms. The third kappa shape index (κ3) is 4.19. The van der Waals surface area contributed by atoms with Crippen molar-refractivity contribution in [3.63, 3.8) is 0 Å². The lowest BCUT2D eigenvalue weighted by atomic mass is 10.3. The zero-order valence-electron chi connectivity index (χ0n) is 11.1. The van der Waals surface area contributed by atoms with Crippen LogP contribution in [0.2, 0.25) is 0 Å². The summed E-state index contributed by atoms with van der Waals surface area (Å²) < 4.78 is 0. The topological polar surface area (TPSA) is 61.3 Å². The summed E-state index contributed by atoms with van der Waals surface area (Å²) in [5.41, 5.74) is 0. The van der Waals surface area contributed by atoms with Gasteiger partial charge >= 0.3 is 0 Å². The monoisotopic (exact) mass is 238 g/mol. The minimum absolute atomic E-state index is 0.373. The first-order valence-corrected chi connectivity index (χ1v) is 6.01. The molecule has 0 aliphatic carbocycles. The van der Waals surface area contributed by atoms with Gasteiger partial charge in [0.25, 0.3) is 0 Å². The molecule has 0 radical (unpaired) electrons. The lowest BCUT2D eigenvalue weighted by molar-refractivity contribution is 0.201. The molecule has 0 saturated carbocycles. The maximum Gasteiger partial charge on any atom is 0.134 e. The standard InChI is InChI=1S/C12H22N4O/c1-5-6-10-14-11(13-3)7-12(15-10)16(4)8-9(2)17/h7,9,17H,5-6,8H2,1-4H3,(H,13,14,15). The average Bonchev–Trinajstić information content (AvgIpc) is 2.28. The largest absolute Gasteiger partial charge is 0.392 e. The Morgan fingerprint density at radius 2 is 2.18 bits per heavy atom. The van der Waals surface area contributed by atoms with E-state index in [0.29, 0.717) is 6.54 Å². The molecule has 2 N–H and O–H groups in total. The molecule has 96 valence electrons. The number of anilines is 2. The number of aromatic nitrogens is 2. The molecular formula is C12H22N4O. The van der Waals surface area contributed by atoms with Crippen molar-refractivity contribution in [2.24, 2.45) is 0 Å². The minimum atomic E-state index is -0.373. The van der Waals surface area contributed by atoms with E-state index in [1.807, 2.05) is 25.1 Å². The number of likely N-dealkylation sites (N-methyl/N-ethyl adjacent to an activating group) is 1. The van der Waals surface area contributed by atoms with Gasteiger partial charge in [-0.05, 0) is 13.3 Å². The summed E-state index contributed by atoms with van der Waals surface area (Å²) >= 11 is 0. The Balaban J connectivity index is 2.93. The number of nitrogens with zero attached hydrogens (tertiary/aromatic N) is 3. The molecule has 1 unspecified atom stereocenters.